The Morgan fingerprint density at radius 3 is 2.15 bits per heavy atom. The van der Waals surface area contributed by atoms with Crippen LogP contribution in [0.25, 0.3) is 0 Å². The first-order chi connectivity index (χ1) is 5.87. The monoisotopic (exact) mass is 212 g/mol. The van der Waals surface area contributed by atoms with Crippen LogP contribution in [-0.4, -0.2) is 19.0 Å². The van der Waals surface area contributed by atoms with Crippen LogP contribution in [0.5, 0.6) is 0 Å². The summed E-state index contributed by atoms with van der Waals surface area (Å²) in [5, 5.41) is 0. The van der Waals surface area contributed by atoms with Gasteiger partial charge in [0.15, 0.2) is 0 Å². The van der Waals surface area contributed by atoms with E-state index in [0.29, 0.717) is 0 Å². The first-order valence-corrected chi connectivity index (χ1v) is 7.55. The first kappa shape index (κ1) is 10.9. The molecule has 0 radical (unpaired) electrons. The summed E-state index contributed by atoms with van der Waals surface area (Å²) in [6.07, 6.45) is 2.18. The van der Waals surface area contributed by atoms with Crippen molar-refractivity contribution in [3.05, 3.63) is 22.8 Å². The molecule has 0 heterocycles. The van der Waals surface area contributed by atoms with E-state index in [4.69, 9.17) is 11.6 Å². The van der Waals surface area contributed by atoms with Crippen LogP contribution in [0.3, 0.4) is 0 Å². The predicted octanol–water partition coefficient (Wildman–Crippen LogP) is 3.40. The lowest BCUT2D eigenvalue weighted by atomic mass is 10.0. The minimum Gasteiger partial charge on any atom is -0.106 e. The number of halogens is 1. The van der Waals surface area contributed by atoms with Gasteiger partial charge in [-0.3, -0.25) is 0 Å². The molecule has 1 aliphatic rings. The number of allylic oxidation sites excluding steroid dienone is 4. The molecule has 0 aromatic heterocycles. The molecule has 13 heavy (non-hydrogen) atoms. The smallest absolute Gasteiger partial charge is 0.0986 e. The Hall–Kier alpha value is -0.143. The number of hydrogen-bond acceptors (Lipinski definition) is 0. The molecule has 0 aliphatic heterocycles. The number of alkyl halides is 1. The van der Waals surface area contributed by atoms with Gasteiger partial charge in [0.05, 0.1) is 4.87 Å². The van der Waals surface area contributed by atoms with Gasteiger partial charge in [0, 0.05) is 8.41 Å². The Morgan fingerprint density at radius 2 is 1.85 bits per heavy atom. The molecular formula is C11H17ClSi. The number of hydrogen-bond donors (Lipinski definition) is 0. The van der Waals surface area contributed by atoms with Crippen LogP contribution < -0.4 is 0 Å². The molecular weight excluding hydrogens is 196 g/mol. The van der Waals surface area contributed by atoms with Crippen molar-refractivity contribution in [1.82, 2.24) is 0 Å². The standard InChI is InChI=1S/C11H17ClSi/c1-8-6-11(12,7-13(4)5)10(3)9(8)2/h6-7H,1-5H3. The van der Waals surface area contributed by atoms with Gasteiger partial charge >= 0.3 is 0 Å². The third-order valence-electron chi connectivity index (χ3n) is 2.65. The van der Waals surface area contributed by atoms with Crippen LogP contribution in [0, 0.1) is 0 Å². The average molecular weight is 213 g/mol. The van der Waals surface area contributed by atoms with Gasteiger partial charge in [0.25, 0.3) is 0 Å². The van der Waals surface area contributed by atoms with E-state index in [0.717, 1.165) is 0 Å². The molecule has 1 rings (SSSR count). The van der Waals surface area contributed by atoms with Crippen molar-refractivity contribution in [2.75, 3.05) is 0 Å². The molecule has 0 bridgehead atoms. The molecule has 0 nitrogen and oxygen atoms in total. The Kier molecular flexibility index (Phi) is 2.98. The van der Waals surface area contributed by atoms with Crippen LogP contribution in [0.15, 0.2) is 22.8 Å². The predicted molar refractivity (Wildman–Crippen MR) is 64.3 cm³/mol. The summed E-state index contributed by atoms with van der Waals surface area (Å²) in [5.41, 5.74) is 6.29. The molecule has 0 amide bonds. The fourth-order valence-corrected chi connectivity index (χ4v) is 3.78. The second-order valence-electron chi connectivity index (χ2n) is 4.07. The van der Waals surface area contributed by atoms with Crippen LogP contribution in [-0.2, 0) is 0 Å². The quantitative estimate of drug-likeness (QED) is 0.462. The lowest BCUT2D eigenvalue weighted by molar-refractivity contribution is 1.11. The first-order valence-electron chi connectivity index (χ1n) is 4.59. The van der Waals surface area contributed by atoms with Crippen molar-refractivity contribution in [2.45, 2.75) is 38.7 Å². The molecule has 0 N–H and O–H groups in total. The van der Waals surface area contributed by atoms with E-state index >= 15 is 0 Å². The van der Waals surface area contributed by atoms with E-state index in [-0.39, 0.29) is 4.87 Å². The summed E-state index contributed by atoms with van der Waals surface area (Å²) in [4.78, 5) is -0.272. The maximum absolute atomic E-state index is 6.54. The normalized spacial score (nSPS) is 27.7. The molecule has 1 atom stereocenters. The van der Waals surface area contributed by atoms with Crippen molar-refractivity contribution in [3.63, 3.8) is 0 Å². The molecule has 72 valence electrons. The minimum atomic E-state index is -0.390. The van der Waals surface area contributed by atoms with Gasteiger partial charge in [-0.1, -0.05) is 24.8 Å². The van der Waals surface area contributed by atoms with E-state index in [2.05, 4.69) is 45.6 Å². The Morgan fingerprint density at radius 1 is 1.31 bits per heavy atom. The zero-order valence-electron chi connectivity index (χ0n) is 9.03. The Labute approximate surface area is 87.5 Å². The second-order valence-corrected chi connectivity index (χ2v) is 7.14. The van der Waals surface area contributed by atoms with Crippen molar-refractivity contribution in [3.8, 4) is 0 Å². The molecule has 1 unspecified atom stereocenters. The molecule has 1 aliphatic carbocycles. The average Bonchev–Trinajstić information content (AvgIpc) is 2.14. The summed E-state index contributed by atoms with van der Waals surface area (Å²) >= 11 is 6.54. The highest BCUT2D eigenvalue weighted by Crippen LogP contribution is 2.37. The van der Waals surface area contributed by atoms with E-state index < -0.39 is 8.41 Å². The van der Waals surface area contributed by atoms with Gasteiger partial charge in [-0.05, 0) is 37.5 Å². The molecule has 0 spiro atoms. The van der Waals surface area contributed by atoms with E-state index in [1.165, 1.54) is 16.7 Å². The van der Waals surface area contributed by atoms with Gasteiger partial charge in [-0.2, -0.15) is 0 Å². The summed E-state index contributed by atoms with van der Waals surface area (Å²) in [6, 6.07) is 0. The van der Waals surface area contributed by atoms with Crippen LogP contribution in [0.2, 0.25) is 13.1 Å². The minimum absolute atomic E-state index is 0.272. The maximum atomic E-state index is 6.54. The highest BCUT2D eigenvalue weighted by atomic mass is 35.5. The van der Waals surface area contributed by atoms with E-state index in [1.807, 2.05) is 0 Å². The summed E-state index contributed by atoms with van der Waals surface area (Å²) in [6.45, 7) is 10.9. The second kappa shape index (κ2) is 3.54. The third-order valence-corrected chi connectivity index (χ3v) is 4.37. The summed E-state index contributed by atoms with van der Waals surface area (Å²) < 4.78 is 0. The SMILES string of the molecule is CC1=CC(Cl)(C=[Si](C)C)C(C)=C1C. The molecule has 0 saturated heterocycles. The molecule has 0 aromatic carbocycles. The Bertz CT molecular complexity index is 315. The zero-order valence-corrected chi connectivity index (χ0v) is 10.8. The Balaban J connectivity index is 3.17. The zero-order chi connectivity index (χ0) is 10.2. The van der Waals surface area contributed by atoms with Gasteiger partial charge in [0.2, 0.25) is 0 Å². The lowest BCUT2D eigenvalue weighted by Crippen LogP contribution is -2.23. The maximum Gasteiger partial charge on any atom is 0.0986 e. The molecule has 0 aromatic rings. The highest BCUT2D eigenvalue weighted by molar-refractivity contribution is 6.68. The third kappa shape index (κ3) is 2.02. The summed E-state index contributed by atoms with van der Waals surface area (Å²) in [5.74, 6) is 0. The highest BCUT2D eigenvalue weighted by Gasteiger charge is 2.30. The van der Waals surface area contributed by atoms with Crippen LogP contribution in [0.1, 0.15) is 20.8 Å². The van der Waals surface area contributed by atoms with Crippen LogP contribution >= 0.6 is 11.6 Å². The fraction of sp³-hybridized carbons (Fsp3) is 0.545. The van der Waals surface area contributed by atoms with Gasteiger partial charge in [-0.15, -0.1) is 11.6 Å². The van der Waals surface area contributed by atoms with Gasteiger partial charge in [0.1, 0.15) is 0 Å². The number of rotatable bonds is 1. The largest absolute Gasteiger partial charge is 0.106 e. The van der Waals surface area contributed by atoms with Gasteiger partial charge in [-0.25, -0.2) is 0 Å². The lowest BCUT2D eigenvalue weighted by Gasteiger charge is -2.18. The fourth-order valence-electron chi connectivity index (χ4n) is 1.68. The molecule has 2 heteroatoms. The summed E-state index contributed by atoms with van der Waals surface area (Å²) in [7, 11) is -0.390. The van der Waals surface area contributed by atoms with Crippen LogP contribution in [0.4, 0.5) is 0 Å². The topological polar surface area (TPSA) is 0 Å². The van der Waals surface area contributed by atoms with Crippen molar-refractivity contribution in [2.24, 2.45) is 0 Å². The molecule has 0 saturated carbocycles. The molecule has 0 fully saturated rings. The van der Waals surface area contributed by atoms with E-state index in [9.17, 15) is 0 Å². The van der Waals surface area contributed by atoms with E-state index in [1.54, 1.807) is 0 Å². The van der Waals surface area contributed by atoms with Crippen molar-refractivity contribution >= 4 is 25.7 Å². The van der Waals surface area contributed by atoms with Crippen molar-refractivity contribution in [1.29, 1.82) is 0 Å². The van der Waals surface area contributed by atoms with Crippen molar-refractivity contribution < 1.29 is 0 Å². The van der Waals surface area contributed by atoms with Gasteiger partial charge < -0.3 is 0 Å².